The van der Waals surface area contributed by atoms with Gasteiger partial charge in [0.05, 0.1) is 5.56 Å². The van der Waals surface area contributed by atoms with Gasteiger partial charge in [-0.1, -0.05) is 13.8 Å². The van der Waals surface area contributed by atoms with Gasteiger partial charge >= 0.3 is 5.97 Å². The molecule has 4 heteroatoms. The second-order valence-corrected chi connectivity index (χ2v) is 5.60. The van der Waals surface area contributed by atoms with E-state index in [4.69, 9.17) is 9.84 Å². The number of carboxylic acids is 1. The van der Waals surface area contributed by atoms with Crippen LogP contribution < -0.4 is 5.32 Å². The normalized spacial score (nSPS) is 11.4. The van der Waals surface area contributed by atoms with Gasteiger partial charge in [-0.05, 0) is 42.5 Å². The van der Waals surface area contributed by atoms with Crippen LogP contribution in [-0.2, 0) is 4.74 Å². The molecule has 0 heterocycles. The highest BCUT2D eigenvalue weighted by Crippen LogP contribution is 2.23. The van der Waals surface area contributed by atoms with Gasteiger partial charge in [-0.25, -0.2) is 4.79 Å². The van der Waals surface area contributed by atoms with Gasteiger partial charge in [-0.2, -0.15) is 0 Å². The molecule has 0 amide bonds. The Kier molecular flexibility index (Phi) is 5.36. The molecule has 0 aliphatic carbocycles. The van der Waals surface area contributed by atoms with Crippen LogP contribution in [0.4, 0.5) is 5.69 Å². The summed E-state index contributed by atoms with van der Waals surface area (Å²) in [5, 5.41) is 12.3. The van der Waals surface area contributed by atoms with Gasteiger partial charge in [-0.3, -0.25) is 0 Å². The molecule has 106 valence electrons. The van der Waals surface area contributed by atoms with Crippen LogP contribution in [0, 0.1) is 12.3 Å². The van der Waals surface area contributed by atoms with Crippen molar-refractivity contribution < 1.29 is 14.6 Å². The van der Waals surface area contributed by atoms with Crippen LogP contribution in [0.25, 0.3) is 0 Å². The van der Waals surface area contributed by atoms with Gasteiger partial charge < -0.3 is 15.2 Å². The lowest BCUT2D eigenvalue weighted by molar-refractivity contribution is 0.0697. The lowest BCUT2D eigenvalue weighted by Crippen LogP contribution is -2.25. The molecule has 2 N–H and O–H groups in total. The van der Waals surface area contributed by atoms with Gasteiger partial charge in [0.25, 0.3) is 0 Å². The van der Waals surface area contributed by atoms with Gasteiger partial charge in [0.15, 0.2) is 0 Å². The van der Waals surface area contributed by atoms with Crippen LogP contribution in [0.3, 0.4) is 0 Å². The van der Waals surface area contributed by atoms with E-state index in [2.05, 4.69) is 19.2 Å². The standard InChI is InChI=1S/C15H23NO3/c1-11-9-12(14(17)18)5-6-13(11)16-10-15(2,3)7-8-19-4/h5-6,9,16H,7-8,10H2,1-4H3,(H,17,18). The van der Waals surface area contributed by atoms with Crippen LogP contribution >= 0.6 is 0 Å². The van der Waals surface area contributed by atoms with E-state index in [-0.39, 0.29) is 5.41 Å². The first-order valence-corrected chi connectivity index (χ1v) is 6.42. The summed E-state index contributed by atoms with van der Waals surface area (Å²) in [6, 6.07) is 5.14. The second kappa shape index (κ2) is 6.57. The Morgan fingerprint density at radius 3 is 2.63 bits per heavy atom. The summed E-state index contributed by atoms with van der Waals surface area (Å²) in [6.45, 7) is 7.84. The van der Waals surface area contributed by atoms with E-state index in [0.717, 1.165) is 30.8 Å². The topological polar surface area (TPSA) is 58.6 Å². The van der Waals surface area contributed by atoms with Crippen molar-refractivity contribution in [1.82, 2.24) is 0 Å². The molecule has 0 aromatic heterocycles. The van der Waals surface area contributed by atoms with Crippen molar-refractivity contribution in [3.63, 3.8) is 0 Å². The van der Waals surface area contributed by atoms with Crippen molar-refractivity contribution in [2.24, 2.45) is 5.41 Å². The summed E-state index contributed by atoms with van der Waals surface area (Å²) < 4.78 is 5.10. The van der Waals surface area contributed by atoms with Crippen LogP contribution in [-0.4, -0.2) is 31.3 Å². The Morgan fingerprint density at radius 1 is 1.42 bits per heavy atom. The highest BCUT2D eigenvalue weighted by atomic mass is 16.5. The smallest absolute Gasteiger partial charge is 0.335 e. The molecule has 19 heavy (non-hydrogen) atoms. The number of hydrogen-bond donors (Lipinski definition) is 2. The number of rotatable bonds is 7. The molecule has 0 spiro atoms. The fraction of sp³-hybridized carbons (Fsp3) is 0.533. The molecule has 0 unspecified atom stereocenters. The molecule has 1 rings (SSSR count). The molecular formula is C15H23NO3. The number of carboxylic acid groups (broad SMARTS) is 1. The van der Waals surface area contributed by atoms with Crippen LogP contribution in [0.2, 0.25) is 0 Å². The molecule has 0 saturated carbocycles. The molecule has 0 saturated heterocycles. The highest BCUT2D eigenvalue weighted by Gasteiger charge is 2.17. The summed E-state index contributed by atoms with van der Waals surface area (Å²) in [4.78, 5) is 10.9. The number of ether oxygens (including phenoxy) is 1. The van der Waals surface area contributed by atoms with Crippen molar-refractivity contribution in [2.45, 2.75) is 27.2 Å². The number of carbonyl (C=O) groups is 1. The van der Waals surface area contributed by atoms with Gasteiger partial charge in [0.1, 0.15) is 0 Å². The molecule has 1 aromatic rings. The summed E-state index contributed by atoms with van der Waals surface area (Å²) in [5.74, 6) is -0.893. The first-order valence-electron chi connectivity index (χ1n) is 6.42. The Morgan fingerprint density at radius 2 is 2.11 bits per heavy atom. The zero-order chi connectivity index (χ0) is 14.5. The average Bonchev–Trinajstić information content (AvgIpc) is 2.35. The lowest BCUT2D eigenvalue weighted by Gasteiger charge is -2.25. The van der Waals surface area contributed by atoms with Crippen molar-refractivity contribution in [2.75, 3.05) is 25.6 Å². The van der Waals surface area contributed by atoms with Crippen molar-refractivity contribution in [3.8, 4) is 0 Å². The monoisotopic (exact) mass is 265 g/mol. The third-order valence-electron chi connectivity index (χ3n) is 3.21. The average molecular weight is 265 g/mol. The Bertz CT molecular complexity index is 441. The number of anilines is 1. The molecule has 0 aliphatic rings. The Balaban J connectivity index is 2.65. The zero-order valence-corrected chi connectivity index (χ0v) is 12.1. The van der Waals surface area contributed by atoms with E-state index in [1.165, 1.54) is 0 Å². The third-order valence-corrected chi connectivity index (χ3v) is 3.21. The van der Waals surface area contributed by atoms with Crippen LogP contribution in [0.1, 0.15) is 36.2 Å². The van der Waals surface area contributed by atoms with Crippen LogP contribution in [0.15, 0.2) is 18.2 Å². The summed E-state index contributed by atoms with van der Waals surface area (Å²) in [6.07, 6.45) is 0.975. The molecule has 0 radical (unpaired) electrons. The fourth-order valence-electron chi connectivity index (χ4n) is 1.80. The maximum atomic E-state index is 10.9. The molecule has 1 aromatic carbocycles. The summed E-state index contributed by atoms with van der Waals surface area (Å²) >= 11 is 0. The molecule has 0 bridgehead atoms. The zero-order valence-electron chi connectivity index (χ0n) is 12.1. The largest absolute Gasteiger partial charge is 0.478 e. The lowest BCUT2D eigenvalue weighted by atomic mass is 9.89. The minimum Gasteiger partial charge on any atom is -0.478 e. The van der Waals surface area contributed by atoms with Gasteiger partial charge in [-0.15, -0.1) is 0 Å². The predicted molar refractivity (Wildman–Crippen MR) is 76.9 cm³/mol. The van der Waals surface area contributed by atoms with E-state index < -0.39 is 5.97 Å². The molecule has 0 atom stereocenters. The van der Waals surface area contributed by atoms with E-state index in [1.54, 1.807) is 19.2 Å². The van der Waals surface area contributed by atoms with Crippen molar-refractivity contribution in [1.29, 1.82) is 0 Å². The maximum Gasteiger partial charge on any atom is 0.335 e. The number of methoxy groups -OCH3 is 1. The molecule has 4 nitrogen and oxygen atoms in total. The van der Waals surface area contributed by atoms with E-state index in [1.807, 2.05) is 13.0 Å². The quantitative estimate of drug-likeness (QED) is 0.795. The maximum absolute atomic E-state index is 10.9. The predicted octanol–water partition coefficient (Wildman–Crippen LogP) is 3.17. The van der Waals surface area contributed by atoms with Crippen molar-refractivity contribution >= 4 is 11.7 Å². The van der Waals surface area contributed by atoms with Crippen molar-refractivity contribution in [3.05, 3.63) is 29.3 Å². The molecular weight excluding hydrogens is 242 g/mol. The number of aryl methyl sites for hydroxylation is 1. The van der Waals surface area contributed by atoms with E-state index in [9.17, 15) is 4.79 Å². The number of hydrogen-bond acceptors (Lipinski definition) is 3. The second-order valence-electron chi connectivity index (χ2n) is 5.60. The number of nitrogens with one attached hydrogen (secondary N) is 1. The summed E-state index contributed by atoms with van der Waals surface area (Å²) in [5.41, 5.74) is 2.38. The van der Waals surface area contributed by atoms with E-state index >= 15 is 0 Å². The fourth-order valence-corrected chi connectivity index (χ4v) is 1.80. The highest BCUT2D eigenvalue weighted by molar-refractivity contribution is 5.88. The minimum atomic E-state index is -0.893. The minimum absolute atomic E-state index is 0.133. The van der Waals surface area contributed by atoms with Crippen LogP contribution in [0.5, 0.6) is 0 Å². The molecule has 0 aliphatic heterocycles. The number of benzene rings is 1. The van der Waals surface area contributed by atoms with E-state index in [0.29, 0.717) is 5.56 Å². The Hall–Kier alpha value is -1.55. The van der Waals surface area contributed by atoms with Gasteiger partial charge in [0, 0.05) is 25.9 Å². The summed E-state index contributed by atoms with van der Waals surface area (Å²) in [7, 11) is 1.71. The first-order chi connectivity index (χ1) is 8.85. The third kappa shape index (κ3) is 4.91. The first kappa shape index (κ1) is 15.5. The van der Waals surface area contributed by atoms with Gasteiger partial charge in [0.2, 0.25) is 0 Å². The number of aromatic carboxylic acids is 1. The SMILES string of the molecule is COCCC(C)(C)CNc1ccc(C(=O)O)cc1C. The molecule has 0 fully saturated rings. The Labute approximate surface area is 114 Å².